The van der Waals surface area contributed by atoms with Crippen molar-refractivity contribution in [1.82, 2.24) is 0 Å². The summed E-state index contributed by atoms with van der Waals surface area (Å²) in [5.41, 5.74) is 0.450. The van der Waals surface area contributed by atoms with Crippen LogP contribution in [-0.2, 0) is 19.9 Å². The second-order valence-electron chi connectivity index (χ2n) is 7.37. The van der Waals surface area contributed by atoms with Gasteiger partial charge in [-0.3, -0.25) is 14.4 Å². The fourth-order valence-corrected chi connectivity index (χ4v) is 5.06. The van der Waals surface area contributed by atoms with Gasteiger partial charge in [0, 0.05) is 10.6 Å². The average molecular weight is 399 g/mol. The van der Waals surface area contributed by atoms with Gasteiger partial charge in [-0.15, -0.1) is 0 Å². The highest BCUT2D eigenvalue weighted by atomic mass is 35.5. The molecule has 0 unspecified atom stereocenters. The molecular weight excluding hydrogens is 382 g/mol. The van der Waals surface area contributed by atoms with Crippen molar-refractivity contribution in [3.05, 3.63) is 59.1 Å². The van der Waals surface area contributed by atoms with Crippen molar-refractivity contribution >= 4 is 40.7 Å². The Labute approximate surface area is 165 Å². The maximum absolute atomic E-state index is 13.5. The third-order valence-corrected chi connectivity index (χ3v) is 6.32. The van der Waals surface area contributed by atoms with Crippen molar-refractivity contribution in [2.24, 2.45) is 11.8 Å². The second-order valence-corrected chi connectivity index (χ2v) is 7.81. The van der Waals surface area contributed by atoms with E-state index in [1.807, 2.05) is 0 Å². The topological polar surface area (TPSA) is 103 Å². The number of imide groups is 1. The summed E-state index contributed by atoms with van der Waals surface area (Å²) in [6.45, 7) is -0.314. The van der Waals surface area contributed by atoms with Crippen LogP contribution in [0, 0.1) is 11.8 Å². The molecule has 7 nitrogen and oxygen atoms in total. The van der Waals surface area contributed by atoms with Crippen LogP contribution < -0.4 is 15.5 Å². The molecule has 2 fully saturated rings. The molecule has 0 aliphatic carbocycles. The van der Waals surface area contributed by atoms with E-state index >= 15 is 0 Å². The van der Waals surface area contributed by atoms with Crippen LogP contribution >= 0.6 is 11.6 Å². The first kappa shape index (κ1) is 17.4. The lowest BCUT2D eigenvalue weighted by Crippen LogP contribution is -2.99. The van der Waals surface area contributed by atoms with Crippen LogP contribution in [0.25, 0.3) is 0 Å². The van der Waals surface area contributed by atoms with Crippen LogP contribution in [0.15, 0.2) is 48.5 Å². The molecule has 1 spiro atoms. The standard InChI is InChI=1S/C20H16ClN3O4/c21-10-5-7-11(8-6-10)24-17(26)15-14(9-25)23-20(16(15)18(24)27)12-3-1-2-4-13(12)22-19(20)28/h1-8,14-16,23,25H,9H2,(H,22,28)/p+1/t14-,15+,16-,20-/m0/s1. The predicted octanol–water partition coefficient (Wildman–Crippen LogP) is 0.231. The van der Waals surface area contributed by atoms with Gasteiger partial charge in [0.2, 0.25) is 17.4 Å². The molecule has 0 saturated carbocycles. The highest BCUT2D eigenvalue weighted by molar-refractivity contribution is 6.31. The van der Waals surface area contributed by atoms with Crippen LogP contribution in [0.5, 0.6) is 0 Å². The first-order chi connectivity index (χ1) is 13.5. The van der Waals surface area contributed by atoms with Crippen molar-refractivity contribution in [3.8, 4) is 0 Å². The van der Waals surface area contributed by atoms with E-state index < -0.39 is 35.2 Å². The first-order valence-corrected chi connectivity index (χ1v) is 9.38. The number of para-hydroxylation sites is 1. The van der Waals surface area contributed by atoms with Gasteiger partial charge in [-0.1, -0.05) is 29.8 Å². The molecule has 3 amide bonds. The molecule has 0 aromatic heterocycles. The Hall–Kier alpha value is -2.74. The number of halogens is 1. The highest BCUT2D eigenvalue weighted by Gasteiger charge is 2.74. The molecule has 2 aromatic carbocycles. The van der Waals surface area contributed by atoms with Gasteiger partial charge >= 0.3 is 0 Å². The lowest BCUT2D eigenvalue weighted by Gasteiger charge is -2.26. The molecule has 2 saturated heterocycles. The van der Waals surface area contributed by atoms with Gasteiger partial charge < -0.3 is 15.7 Å². The Morgan fingerprint density at radius 1 is 1.07 bits per heavy atom. The number of carbonyl (C=O) groups excluding carboxylic acids is 3. The number of benzene rings is 2. The summed E-state index contributed by atoms with van der Waals surface area (Å²) in [4.78, 5) is 40.9. The Kier molecular flexibility index (Phi) is 3.64. The summed E-state index contributed by atoms with van der Waals surface area (Å²) in [7, 11) is 0. The van der Waals surface area contributed by atoms with E-state index in [0.29, 0.717) is 22.0 Å². The molecule has 3 aliphatic rings. The zero-order chi connectivity index (χ0) is 19.6. The number of aliphatic hydroxyl groups excluding tert-OH is 1. The quantitative estimate of drug-likeness (QED) is 0.630. The molecule has 142 valence electrons. The summed E-state index contributed by atoms with van der Waals surface area (Å²) in [5.74, 6) is -2.85. The van der Waals surface area contributed by atoms with Crippen LogP contribution in [0.4, 0.5) is 11.4 Å². The Balaban J connectivity index is 1.67. The number of hydrogen-bond acceptors (Lipinski definition) is 4. The molecule has 3 aliphatic heterocycles. The number of hydrogen-bond donors (Lipinski definition) is 3. The molecule has 3 heterocycles. The smallest absolute Gasteiger partial charge is 0.291 e. The van der Waals surface area contributed by atoms with Crippen molar-refractivity contribution in [2.45, 2.75) is 11.6 Å². The number of aliphatic hydroxyl groups is 1. The molecule has 4 atom stereocenters. The van der Waals surface area contributed by atoms with Gasteiger partial charge in [0.05, 0.1) is 18.0 Å². The van der Waals surface area contributed by atoms with Crippen molar-refractivity contribution in [3.63, 3.8) is 0 Å². The lowest BCUT2D eigenvalue weighted by atomic mass is 9.76. The van der Waals surface area contributed by atoms with Gasteiger partial charge in [-0.25, -0.2) is 4.90 Å². The van der Waals surface area contributed by atoms with Crippen LogP contribution in [0.1, 0.15) is 5.56 Å². The SMILES string of the molecule is O=C1[C@@H]2[C@H](CO)[NH2+][C@]3(C(=O)Nc4ccccc43)[C@@H]2C(=O)N1c1ccc(Cl)cc1. The highest BCUT2D eigenvalue weighted by Crippen LogP contribution is 2.49. The minimum absolute atomic E-state index is 0.314. The monoisotopic (exact) mass is 398 g/mol. The van der Waals surface area contributed by atoms with E-state index in [4.69, 9.17) is 11.6 Å². The number of amides is 3. The van der Waals surface area contributed by atoms with Gasteiger partial charge in [-0.2, -0.15) is 0 Å². The largest absolute Gasteiger partial charge is 0.390 e. The fraction of sp³-hybridized carbons (Fsp3) is 0.250. The Bertz CT molecular complexity index is 1020. The molecule has 28 heavy (non-hydrogen) atoms. The molecule has 2 aromatic rings. The van der Waals surface area contributed by atoms with Gasteiger partial charge in [0.25, 0.3) is 5.91 Å². The first-order valence-electron chi connectivity index (χ1n) is 9.00. The number of nitrogens with two attached hydrogens (primary N) is 1. The minimum atomic E-state index is -1.26. The molecule has 4 N–H and O–H groups in total. The number of quaternary nitrogens is 1. The van der Waals surface area contributed by atoms with Crippen molar-refractivity contribution < 1.29 is 24.8 Å². The van der Waals surface area contributed by atoms with Crippen LogP contribution in [0.2, 0.25) is 5.02 Å². The number of anilines is 2. The van der Waals surface area contributed by atoms with E-state index in [9.17, 15) is 19.5 Å². The normalized spacial score (nSPS) is 30.7. The van der Waals surface area contributed by atoms with E-state index in [1.165, 1.54) is 0 Å². The number of carbonyl (C=O) groups is 3. The molecule has 0 bridgehead atoms. The number of rotatable bonds is 2. The van der Waals surface area contributed by atoms with E-state index in [0.717, 1.165) is 4.90 Å². The van der Waals surface area contributed by atoms with Gasteiger partial charge in [0.1, 0.15) is 17.9 Å². The molecule has 8 heteroatoms. The van der Waals surface area contributed by atoms with Gasteiger partial charge in [0.15, 0.2) is 0 Å². The maximum atomic E-state index is 13.5. The number of nitrogens with one attached hydrogen (secondary N) is 1. The number of nitrogens with zero attached hydrogens (tertiary/aromatic N) is 1. The molecule has 0 radical (unpaired) electrons. The van der Waals surface area contributed by atoms with Crippen molar-refractivity contribution in [2.75, 3.05) is 16.8 Å². The second kappa shape index (κ2) is 5.88. The van der Waals surface area contributed by atoms with Crippen LogP contribution in [0.3, 0.4) is 0 Å². The van der Waals surface area contributed by atoms with E-state index in [2.05, 4.69) is 5.32 Å². The summed E-state index contributed by atoms with van der Waals surface area (Å²) in [6, 6.07) is 13.0. The summed E-state index contributed by atoms with van der Waals surface area (Å²) in [5, 5.41) is 14.9. The third-order valence-electron chi connectivity index (χ3n) is 6.07. The molecule has 5 rings (SSSR count). The van der Waals surface area contributed by atoms with Gasteiger partial charge in [-0.05, 0) is 30.3 Å². The zero-order valence-corrected chi connectivity index (χ0v) is 15.4. The summed E-state index contributed by atoms with van der Waals surface area (Å²) < 4.78 is 0. The van der Waals surface area contributed by atoms with Crippen molar-refractivity contribution in [1.29, 1.82) is 0 Å². The van der Waals surface area contributed by atoms with Crippen LogP contribution in [-0.4, -0.2) is 35.5 Å². The van der Waals surface area contributed by atoms with E-state index in [1.54, 1.807) is 53.8 Å². The predicted molar refractivity (Wildman–Crippen MR) is 100 cm³/mol. The minimum Gasteiger partial charge on any atom is -0.390 e. The van der Waals surface area contributed by atoms with E-state index in [-0.39, 0.29) is 12.5 Å². The Morgan fingerprint density at radius 3 is 2.50 bits per heavy atom. The Morgan fingerprint density at radius 2 is 1.79 bits per heavy atom. The summed E-state index contributed by atoms with van der Waals surface area (Å²) in [6.07, 6.45) is 0. The third kappa shape index (κ3) is 2.03. The summed E-state index contributed by atoms with van der Waals surface area (Å²) >= 11 is 5.93. The molecular formula is C20H17ClN3O4+. The average Bonchev–Trinajstić information content (AvgIpc) is 3.28. The fourth-order valence-electron chi connectivity index (χ4n) is 4.93. The maximum Gasteiger partial charge on any atom is 0.291 e. The number of fused-ring (bicyclic) bond motifs is 4. The zero-order valence-electron chi connectivity index (χ0n) is 14.6. The lowest BCUT2D eigenvalue weighted by molar-refractivity contribution is -0.734.